The molecule has 5 heteroatoms. The van der Waals surface area contributed by atoms with Crippen molar-refractivity contribution in [2.24, 2.45) is 11.1 Å². The normalized spacial score (nSPS) is 13.8. The first kappa shape index (κ1) is 14.6. The van der Waals surface area contributed by atoms with Crippen LogP contribution in [0.2, 0.25) is 0 Å². The Morgan fingerprint density at radius 3 is 2.33 bits per heavy atom. The van der Waals surface area contributed by atoms with E-state index in [1.807, 2.05) is 18.2 Å². The number of hydrogen-bond donors (Lipinski definition) is 3. The molecule has 18 heavy (non-hydrogen) atoms. The van der Waals surface area contributed by atoms with Crippen LogP contribution in [0, 0.1) is 5.41 Å². The first-order chi connectivity index (χ1) is 8.53. The Morgan fingerprint density at radius 2 is 1.89 bits per heavy atom. The highest BCUT2D eigenvalue weighted by atomic mass is 32.1. The van der Waals surface area contributed by atoms with Crippen molar-refractivity contribution >= 4 is 24.5 Å². The Kier molecular flexibility index (Phi) is 5.22. The van der Waals surface area contributed by atoms with Gasteiger partial charge in [0.2, 0.25) is 5.91 Å². The molecule has 1 unspecified atom stereocenters. The summed E-state index contributed by atoms with van der Waals surface area (Å²) in [4.78, 5) is 23.0. The summed E-state index contributed by atoms with van der Waals surface area (Å²) in [5, 5.41) is 9.36. The molecule has 0 aliphatic rings. The van der Waals surface area contributed by atoms with E-state index in [9.17, 15) is 14.7 Å². The van der Waals surface area contributed by atoms with Crippen molar-refractivity contribution in [2.45, 2.75) is 19.3 Å². The van der Waals surface area contributed by atoms with Crippen molar-refractivity contribution in [3.8, 4) is 0 Å². The Labute approximate surface area is 112 Å². The molecule has 4 nitrogen and oxygen atoms in total. The van der Waals surface area contributed by atoms with Gasteiger partial charge < -0.3 is 10.8 Å². The number of carbonyl (C=O) groups excluding carboxylic acids is 1. The van der Waals surface area contributed by atoms with E-state index in [1.165, 1.54) is 0 Å². The van der Waals surface area contributed by atoms with Crippen LogP contribution in [0.3, 0.4) is 0 Å². The predicted octanol–water partition coefficient (Wildman–Crippen LogP) is 1.50. The zero-order chi connectivity index (χ0) is 13.6. The molecule has 0 fully saturated rings. The summed E-state index contributed by atoms with van der Waals surface area (Å²) in [6.07, 6.45) is 0.855. The number of aliphatic carboxylic acids is 1. The van der Waals surface area contributed by atoms with Crippen LogP contribution in [0.25, 0.3) is 0 Å². The number of carboxylic acids is 1. The van der Waals surface area contributed by atoms with Gasteiger partial charge in [0.15, 0.2) is 0 Å². The Morgan fingerprint density at radius 1 is 1.28 bits per heavy atom. The van der Waals surface area contributed by atoms with Crippen LogP contribution in [-0.4, -0.2) is 22.7 Å². The Hall–Kier alpha value is -1.49. The summed E-state index contributed by atoms with van der Waals surface area (Å²) >= 11 is 4.05. The molecule has 0 radical (unpaired) electrons. The molecule has 1 atom stereocenters. The van der Waals surface area contributed by atoms with Crippen LogP contribution in [0.4, 0.5) is 0 Å². The minimum atomic E-state index is -1.54. The second-order valence-corrected chi connectivity index (χ2v) is 4.69. The number of amides is 1. The van der Waals surface area contributed by atoms with E-state index in [1.54, 1.807) is 12.1 Å². The maximum absolute atomic E-state index is 11.6. The number of hydrogen-bond acceptors (Lipinski definition) is 3. The summed E-state index contributed by atoms with van der Waals surface area (Å²) in [6, 6.07) is 9.04. The van der Waals surface area contributed by atoms with Crippen molar-refractivity contribution in [1.29, 1.82) is 0 Å². The number of nitrogens with two attached hydrogens (primary N) is 1. The van der Waals surface area contributed by atoms with Crippen molar-refractivity contribution in [2.75, 3.05) is 5.75 Å². The number of thiol groups is 1. The summed E-state index contributed by atoms with van der Waals surface area (Å²) in [5.41, 5.74) is 4.57. The van der Waals surface area contributed by atoms with Gasteiger partial charge in [-0.3, -0.25) is 9.59 Å². The third-order valence-electron chi connectivity index (χ3n) is 2.99. The maximum atomic E-state index is 11.6. The van der Waals surface area contributed by atoms with E-state index in [0.717, 1.165) is 5.56 Å². The zero-order valence-electron chi connectivity index (χ0n) is 10.0. The van der Waals surface area contributed by atoms with Crippen LogP contribution in [-0.2, 0) is 16.0 Å². The van der Waals surface area contributed by atoms with Crippen molar-refractivity contribution < 1.29 is 14.7 Å². The molecule has 1 amide bonds. The molecular formula is C13H17NO3S. The molecule has 0 heterocycles. The maximum Gasteiger partial charge on any atom is 0.319 e. The summed E-state index contributed by atoms with van der Waals surface area (Å²) in [7, 11) is 0. The fourth-order valence-electron chi connectivity index (χ4n) is 1.91. The van der Waals surface area contributed by atoms with Crippen molar-refractivity contribution in [1.82, 2.24) is 0 Å². The minimum Gasteiger partial charge on any atom is -0.480 e. The minimum absolute atomic E-state index is 0.117. The molecule has 0 saturated heterocycles. The molecule has 1 rings (SSSR count). The fourth-order valence-corrected chi connectivity index (χ4v) is 2.07. The van der Waals surface area contributed by atoms with Crippen LogP contribution in [0.5, 0.6) is 0 Å². The van der Waals surface area contributed by atoms with Gasteiger partial charge in [-0.15, -0.1) is 0 Å². The molecule has 0 aliphatic carbocycles. The summed E-state index contributed by atoms with van der Waals surface area (Å²) < 4.78 is 0. The van der Waals surface area contributed by atoms with Crippen molar-refractivity contribution in [3.05, 3.63) is 35.9 Å². The standard InChI is InChI=1S/C13H17NO3S/c14-11(15)13(12(16)17,7-4-8-18)9-10-5-2-1-3-6-10/h1-3,5-6,18H,4,7-9H2,(H2,14,15)(H,16,17). The lowest BCUT2D eigenvalue weighted by atomic mass is 9.77. The second kappa shape index (κ2) is 6.44. The average Bonchev–Trinajstić information content (AvgIpc) is 2.35. The quantitative estimate of drug-likeness (QED) is 0.517. The summed E-state index contributed by atoms with van der Waals surface area (Å²) in [6.45, 7) is 0. The van der Waals surface area contributed by atoms with E-state index < -0.39 is 17.3 Å². The third kappa shape index (κ3) is 3.26. The number of benzene rings is 1. The number of carbonyl (C=O) groups is 2. The highest BCUT2D eigenvalue weighted by molar-refractivity contribution is 7.80. The van der Waals surface area contributed by atoms with Crippen molar-refractivity contribution in [3.63, 3.8) is 0 Å². The second-order valence-electron chi connectivity index (χ2n) is 4.24. The zero-order valence-corrected chi connectivity index (χ0v) is 10.9. The Bertz CT molecular complexity index is 406. The van der Waals surface area contributed by atoms with Gasteiger partial charge in [-0.05, 0) is 30.6 Å². The van der Waals surface area contributed by atoms with Gasteiger partial charge in [-0.2, -0.15) is 12.6 Å². The first-order valence-corrected chi connectivity index (χ1v) is 6.34. The summed E-state index contributed by atoms with van der Waals surface area (Å²) in [5.74, 6) is -1.43. The van der Waals surface area contributed by atoms with Gasteiger partial charge in [0, 0.05) is 0 Å². The van der Waals surface area contributed by atoms with Gasteiger partial charge in [0.25, 0.3) is 0 Å². The molecule has 98 valence electrons. The van der Waals surface area contributed by atoms with Gasteiger partial charge in [0.05, 0.1) is 0 Å². The van der Waals surface area contributed by atoms with E-state index >= 15 is 0 Å². The number of rotatable bonds is 7. The molecule has 0 bridgehead atoms. The molecule has 0 spiro atoms. The topological polar surface area (TPSA) is 80.4 Å². The molecule has 0 aliphatic heterocycles. The van der Waals surface area contributed by atoms with Crippen LogP contribution in [0.1, 0.15) is 18.4 Å². The Balaban J connectivity index is 3.02. The highest BCUT2D eigenvalue weighted by Crippen LogP contribution is 2.29. The number of carboxylic acid groups (broad SMARTS) is 1. The first-order valence-electron chi connectivity index (χ1n) is 5.71. The largest absolute Gasteiger partial charge is 0.480 e. The monoisotopic (exact) mass is 267 g/mol. The lowest BCUT2D eigenvalue weighted by Gasteiger charge is -2.25. The molecule has 3 N–H and O–H groups in total. The number of primary amides is 1. The molecular weight excluding hydrogens is 250 g/mol. The average molecular weight is 267 g/mol. The molecule has 0 aromatic heterocycles. The smallest absolute Gasteiger partial charge is 0.319 e. The molecule has 1 aromatic carbocycles. The SMILES string of the molecule is NC(=O)C(CCCS)(Cc1ccccc1)C(=O)O. The van der Waals surface area contributed by atoms with Gasteiger partial charge >= 0.3 is 5.97 Å². The van der Waals surface area contributed by atoms with Crippen LogP contribution < -0.4 is 5.73 Å². The fraction of sp³-hybridized carbons (Fsp3) is 0.385. The lowest BCUT2D eigenvalue weighted by Crippen LogP contribution is -2.45. The van der Waals surface area contributed by atoms with Gasteiger partial charge in [-0.1, -0.05) is 30.3 Å². The van der Waals surface area contributed by atoms with Gasteiger partial charge in [-0.25, -0.2) is 0 Å². The third-order valence-corrected chi connectivity index (χ3v) is 3.31. The lowest BCUT2D eigenvalue weighted by molar-refractivity contribution is -0.155. The van der Waals surface area contributed by atoms with E-state index in [4.69, 9.17) is 5.73 Å². The highest BCUT2D eigenvalue weighted by Gasteiger charge is 2.44. The van der Waals surface area contributed by atoms with Gasteiger partial charge in [0.1, 0.15) is 5.41 Å². The van der Waals surface area contributed by atoms with E-state index in [0.29, 0.717) is 12.2 Å². The van der Waals surface area contributed by atoms with E-state index in [2.05, 4.69) is 12.6 Å². The van der Waals surface area contributed by atoms with E-state index in [-0.39, 0.29) is 12.8 Å². The predicted molar refractivity (Wildman–Crippen MR) is 72.5 cm³/mol. The van der Waals surface area contributed by atoms with Crippen LogP contribution in [0.15, 0.2) is 30.3 Å². The molecule has 1 aromatic rings. The van der Waals surface area contributed by atoms with Crippen LogP contribution >= 0.6 is 12.6 Å². The molecule has 0 saturated carbocycles.